The van der Waals surface area contributed by atoms with E-state index < -0.39 is 0 Å². The van der Waals surface area contributed by atoms with Gasteiger partial charge in [0.25, 0.3) is 11.8 Å². The van der Waals surface area contributed by atoms with E-state index in [0.717, 1.165) is 11.3 Å². The van der Waals surface area contributed by atoms with Crippen molar-refractivity contribution in [3.8, 4) is 5.75 Å². The minimum atomic E-state index is -0.345. The van der Waals surface area contributed by atoms with E-state index in [2.05, 4.69) is 10.6 Å². The van der Waals surface area contributed by atoms with E-state index >= 15 is 0 Å². The highest BCUT2D eigenvalue weighted by Crippen LogP contribution is 2.22. The molecule has 0 fully saturated rings. The third kappa shape index (κ3) is 5.46. The van der Waals surface area contributed by atoms with Gasteiger partial charge in [0, 0.05) is 6.54 Å². The smallest absolute Gasteiger partial charge is 0.291 e. The van der Waals surface area contributed by atoms with Gasteiger partial charge in [0.1, 0.15) is 5.75 Å². The molecular formula is C20H20N2O4S. The van der Waals surface area contributed by atoms with Crippen LogP contribution in [0.15, 0.2) is 59.2 Å². The summed E-state index contributed by atoms with van der Waals surface area (Å²) in [4.78, 5) is 24.6. The molecule has 2 aromatic heterocycles. The average molecular weight is 384 g/mol. The second-order valence-electron chi connectivity index (χ2n) is 5.87. The topological polar surface area (TPSA) is 80.6 Å². The van der Waals surface area contributed by atoms with Crippen molar-refractivity contribution in [2.75, 3.05) is 18.5 Å². The highest BCUT2D eigenvalue weighted by atomic mass is 32.1. The van der Waals surface area contributed by atoms with E-state index in [4.69, 9.17) is 9.15 Å². The van der Waals surface area contributed by atoms with Gasteiger partial charge in [-0.3, -0.25) is 9.59 Å². The molecule has 3 rings (SSSR count). The zero-order valence-corrected chi connectivity index (χ0v) is 15.7. The van der Waals surface area contributed by atoms with Crippen LogP contribution < -0.4 is 15.4 Å². The monoisotopic (exact) mass is 384 g/mol. The van der Waals surface area contributed by atoms with Crippen molar-refractivity contribution < 1.29 is 18.7 Å². The highest BCUT2D eigenvalue weighted by Gasteiger charge is 2.13. The van der Waals surface area contributed by atoms with Crippen molar-refractivity contribution in [2.24, 2.45) is 0 Å². The van der Waals surface area contributed by atoms with Crippen LogP contribution in [-0.2, 0) is 0 Å². The largest absolute Gasteiger partial charge is 0.494 e. The van der Waals surface area contributed by atoms with Gasteiger partial charge in [0.2, 0.25) is 0 Å². The number of nitrogens with one attached hydrogen (secondary N) is 2. The van der Waals surface area contributed by atoms with Crippen LogP contribution in [0, 0.1) is 6.92 Å². The Morgan fingerprint density at radius 3 is 2.78 bits per heavy atom. The molecular weight excluding hydrogens is 364 g/mol. The van der Waals surface area contributed by atoms with Crippen LogP contribution in [0.2, 0.25) is 0 Å². The fraction of sp³-hybridized carbons (Fsp3) is 0.200. The number of ether oxygens (including phenoxy) is 1. The van der Waals surface area contributed by atoms with E-state index in [0.29, 0.717) is 29.5 Å². The Morgan fingerprint density at radius 1 is 1.11 bits per heavy atom. The molecule has 0 bridgehead atoms. The fourth-order valence-corrected chi connectivity index (χ4v) is 3.18. The number of carbonyl (C=O) groups excluding carboxylic acids is 2. The number of aryl methyl sites for hydroxylation is 1. The summed E-state index contributed by atoms with van der Waals surface area (Å²) < 4.78 is 10.7. The molecule has 140 valence electrons. The molecule has 0 atom stereocenters. The quantitative estimate of drug-likeness (QED) is 0.573. The van der Waals surface area contributed by atoms with Gasteiger partial charge in [-0.1, -0.05) is 12.1 Å². The molecule has 2 amide bonds. The van der Waals surface area contributed by atoms with Gasteiger partial charge < -0.3 is 19.8 Å². The Morgan fingerprint density at radius 2 is 2.00 bits per heavy atom. The number of rotatable bonds is 8. The summed E-state index contributed by atoms with van der Waals surface area (Å²) in [7, 11) is 0. The summed E-state index contributed by atoms with van der Waals surface area (Å²) in [5.41, 5.74) is 1.15. The van der Waals surface area contributed by atoms with Crippen molar-refractivity contribution in [3.63, 3.8) is 0 Å². The number of hydrogen-bond acceptors (Lipinski definition) is 5. The van der Waals surface area contributed by atoms with Crippen LogP contribution in [0.1, 0.15) is 32.2 Å². The van der Waals surface area contributed by atoms with Crippen molar-refractivity contribution in [1.29, 1.82) is 0 Å². The van der Waals surface area contributed by atoms with Crippen LogP contribution >= 0.6 is 11.3 Å². The van der Waals surface area contributed by atoms with E-state index in [1.54, 1.807) is 24.3 Å². The van der Waals surface area contributed by atoms with Crippen molar-refractivity contribution >= 4 is 28.2 Å². The van der Waals surface area contributed by atoms with E-state index in [1.165, 1.54) is 17.6 Å². The first kappa shape index (κ1) is 18.7. The maximum atomic E-state index is 12.2. The molecule has 7 heteroatoms. The molecule has 0 aliphatic carbocycles. The summed E-state index contributed by atoms with van der Waals surface area (Å²) in [6, 6.07) is 14.5. The van der Waals surface area contributed by atoms with Gasteiger partial charge in [-0.15, -0.1) is 11.3 Å². The Bertz CT molecular complexity index is 902. The number of hydrogen-bond donors (Lipinski definition) is 2. The SMILES string of the molecule is Cc1cccc(OCCCNC(=O)c2ccc(NC(=O)c3ccco3)s2)c1. The Labute approximate surface area is 161 Å². The molecule has 0 aliphatic heterocycles. The van der Waals surface area contributed by atoms with E-state index in [1.807, 2.05) is 31.2 Å². The van der Waals surface area contributed by atoms with Crippen LogP contribution in [0.25, 0.3) is 0 Å². The average Bonchev–Trinajstić information content (AvgIpc) is 3.33. The number of thiophene rings is 1. The lowest BCUT2D eigenvalue weighted by atomic mass is 10.2. The third-order valence-corrected chi connectivity index (χ3v) is 4.68. The molecule has 1 aromatic carbocycles. The van der Waals surface area contributed by atoms with E-state index in [-0.39, 0.29) is 17.6 Å². The Balaban J connectivity index is 1.39. The lowest BCUT2D eigenvalue weighted by Crippen LogP contribution is -2.24. The molecule has 0 aliphatic rings. The summed E-state index contributed by atoms with van der Waals surface area (Å²) in [6.07, 6.45) is 2.14. The Kier molecular flexibility index (Phi) is 6.27. The molecule has 0 unspecified atom stereocenters. The van der Waals surface area contributed by atoms with Gasteiger partial charge in [0.15, 0.2) is 5.76 Å². The minimum absolute atomic E-state index is 0.172. The maximum absolute atomic E-state index is 12.2. The predicted octanol–water partition coefficient (Wildman–Crippen LogP) is 4.10. The first-order valence-corrected chi connectivity index (χ1v) is 9.36. The molecule has 6 nitrogen and oxygen atoms in total. The van der Waals surface area contributed by atoms with Gasteiger partial charge >= 0.3 is 0 Å². The third-order valence-electron chi connectivity index (χ3n) is 3.68. The molecule has 27 heavy (non-hydrogen) atoms. The minimum Gasteiger partial charge on any atom is -0.494 e. The second kappa shape index (κ2) is 9.05. The maximum Gasteiger partial charge on any atom is 0.291 e. The number of anilines is 1. The van der Waals surface area contributed by atoms with Crippen LogP contribution in [0.3, 0.4) is 0 Å². The molecule has 2 N–H and O–H groups in total. The summed E-state index contributed by atoms with van der Waals surface area (Å²) >= 11 is 1.21. The number of furan rings is 1. The van der Waals surface area contributed by atoms with Crippen molar-refractivity contribution in [1.82, 2.24) is 5.32 Å². The molecule has 2 heterocycles. The standard InChI is InChI=1S/C20H20N2O4S/c1-14-5-2-6-15(13-14)25-12-4-10-21-20(24)17-8-9-18(27-17)22-19(23)16-7-3-11-26-16/h2-3,5-9,11,13H,4,10,12H2,1H3,(H,21,24)(H,22,23). The van der Waals surface area contributed by atoms with Gasteiger partial charge in [-0.25, -0.2) is 0 Å². The summed E-state index contributed by atoms with van der Waals surface area (Å²) in [5, 5.41) is 6.14. The summed E-state index contributed by atoms with van der Waals surface area (Å²) in [5.74, 6) is 0.538. The highest BCUT2D eigenvalue weighted by molar-refractivity contribution is 7.18. The molecule has 0 saturated carbocycles. The first-order chi connectivity index (χ1) is 13.1. The zero-order valence-electron chi connectivity index (χ0n) is 14.9. The van der Waals surface area contributed by atoms with Crippen molar-refractivity contribution in [2.45, 2.75) is 13.3 Å². The fourth-order valence-electron chi connectivity index (χ4n) is 2.36. The summed E-state index contributed by atoms with van der Waals surface area (Å²) in [6.45, 7) is 3.05. The van der Waals surface area contributed by atoms with Crippen LogP contribution in [0.4, 0.5) is 5.00 Å². The Hall–Kier alpha value is -3.06. The van der Waals surface area contributed by atoms with Crippen LogP contribution in [-0.4, -0.2) is 25.0 Å². The lowest BCUT2D eigenvalue weighted by molar-refractivity contribution is 0.0954. The lowest BCUT2D eigenvalue weighted by Gasteiger charge is -2.07. The number of carbonyl (C=O) groups is 2. The zero-order chi connectivity index (χ0) is 19.1. The molecule has 0 radical (unpaired) electrons. The molecule has 0 saturated heterocycles. The van der Waals surface area contributed by atoms with Gasteiger partial charge in [-0.05, 0) is 55.3 Å². The molecule has 0 spiro atoms. The first-order valence-electron chi connectivity index (χ1n) is 8.54. The second-order valence-corrected chi connectivity index (χ2v) is 6.95. The van der Waals surface area contributed by atoms with Crippen LogP contribution in [0.5, 0.6) is 5.75 Å². The predicted molar refractivity (Wildman–Crippen MR) is 105 cm³/mol. The van der Waals surface area contributed by atoms with Crippen molar-refractivity contribution in [3.05, 3.63) is 71.0 Å². The van der Waals surface area contributed by atoms with Gasteiger partial charge in [-0.2, -0.15) is 0 Å². The van der Waals surface area contributed by atoms with E-state index in [9.17, 15) is 9.59 Å². The number of benzene rings is 1. The van der Waals surface area contributed by atoms with Gasteiger partial charge in [0.05, 0.1) is 22.7 Å². The normalized spacial score (nSPS) is 10.4. The number of amides is 2. The molecule has 3 aromatic rings.